The summed E-state index contributed by atoms with van der Waals surface area (Å²) < 4.78 is 37.9. The summed E-state index contributed by atoms with van der Waals surface area (Å²) in [7, 11) is 0. The minimum absolute atomic E-state index is 0.140. The lowest BCUT2D eigenvalue weighted by Crippen LogP contribution is -2.07. The van der Waals surface area contributed by atoms with Crippen molar-refractivity contribution in [2.24, 2.45) is 5.10 Å². The molecule has 1 heterocycles. The molecule has 0 fully saturated rings. The van der Waals surface area contributed by atoms with E-state index in [1.54, 1.807) is 31.3 Å². The number of anilines is 1. The summed E-state index contributed by atoms with van der Waals surface area (Å²) in [5.41, 5.74) is 1.43. The monoisotopic (exact) mass is 324 g/mol. The maximum atomic E-state index is 12.6. The molecule has 1 N–H and O–H groups in total. The number of nitrogens with zero attached hydrogens (tertiary/aromatic N) is 3. The molecule has 0 unspecified atom stereocenters. The van der Waals surface area contributed by atoms with Gasteiger partial charge in [0.25, 0.3) is 5.69 Å². The van der Waals surface area contributed by atoms with E-state index in [4.69, 9.17) is 0 Å². The van der Waals surface area contributed by atoms with Crippen molar-refractivity contribution in [2.45, 2.75) is 13.1 Å². The van der Waals surface area contributed by atoms with Crippen LogP contribution in [0.25, 0.3) is 0 Å². The third-order valence-electron chi connectivity index (χ3n) is 2.90. The molecule has 0 aliphatic heterocycles. The lowest BCUT2D eigenvalue weighted by atomic mass is 10.1. The molecular formula is C14H11F3N4O2. The van der Waals surface area contributed by atoms with Gasteiger partial charge in [0, 0.05) is 12.3 Å². The zero-order valence-corrected chi connectivity index (χ0v) is 11.8. The van der Waals surface area contributed by atoms with Crippen LogP contribution in [0.2, 0.25) is 0 Å². The molecule has 0 radical (unpaired) electrons. The highest BCUT2D eigenvalue weighted by Gasteiger charge is 2.33. The van der Waals surface area contributed by atoms with E-state index in [1.165, 1.54) is 0 Å². The number of nitro benzene ring substituents is 1. The van der Waals surface area contributed by atoms with E-state index in [1.807, 2.05) is 0 Å². The first kappa shape index (κ1) is 16.4. The van der Waals surface area contributed by atoms with Gasteiger partial charge in [0.1, 0.15) is 5.69 Å². The van der Waals surface area contributed by atoms with Gasteiger partial charge in [-0.1, -0.05) is 6.07 Å². The lowest BCUT2D eigenvalue weighted by molar-refractivity contribution is -0.384. The second-order valence-electron chi connectivity index (χ2n) is 4.51. The van der Waals surface area contributed by atoms with E-state index < -0.39 is 22.4 Å². The second-order valence-corrected chi connectivity index (χ2v) is 4.51. The number of nitrogens with one attached hydrogen (secondary N) is 1. The van der Waals surface area contributed by atoms with Crippen LogP contribution >= 0.6 is 0 Å². The quantitative estimate of drug-likeness (QED) is 0.526. The molecule has 0 atom stereocenters. The van der Waals surface area contributed by atoms with Crippen LogP contribution in [0.15, 0.2) is 47.7 Å². The topological polar surface area (TPSA) is 80.4 Å². The average Bonchev–Trinajstić information content (AvgIpc) is 2.52. The fraction of sp³-hybridized carbons (Fsp3) is 0.143. The van der Waals surface area contributed by atoms with Crippen LogP contribution < -0.4 is 5.43 Å². The molecule has 23 heavy (non-hydrogen) atoms. The molecule has 0 aliphatic rings. The summed E-state index contributed by atoms with van der Waals surface area (Å²) in [6.45, 7) is 1.62. The van der Waals surface area contributed by atoms with E-state index in [2.05, 4.69) is 15.5 Å². The van der Waals surface area contributed by atoms with E-state index in [-0.39, 0.29) is 5.69 Å². The third kappa shape index (κ3) is 4.02. The SMILES string of the molecule is C/C(=N/Nc1ccc(C(F)(F)F)cc1[N+](=O)[O-])c1ccccn1. The highest BCUT2D eigenvalue weighted by molar-refractivity contribution is 5.97. The molecule has 0 saturated heterocycles. The van der Waals surface area contributed by atoms with Crippen molar-refractivity contribution < 1.29 is 18.1 Å². The molecule has 120 valence electrons. The zero-order valence-electron chi connectivity index (χ0n) is 11.8. The average molecular weight is 324 g/mol. The molecule has 2 aromatic rings. The van der Waals surface area contributed by atoms with Crippen molar-refractivity contribution in [2.75, 3.05) is 5.43 Å². The number of pyridine rings is 1. The third-order valence-corrected chi connectivity index (χ3v) is 2.90. The Kier molecular flexibility index (Phi) is 4.58. The molecule has 0 aliphatic carbocycles. The maximum Gasteiger partial charge on any atom is 0.416 e. The van der Waals surface area contributed by atoms with E-state index in [0.29, 0.717) is 17.5 Å². The summed E-state index contributed by atoms with van der Waals surface area (Å²) >= 11 is 0. The van der Waals surface area contributed by atoms with Gasteiger partial charge in [-0.3, -0.25) is 20.5 Å². The van der Waals surface area contributed by atoms with Gasteiger partial charge in [-0.15, -0.1) is 0 Å². The second kappa shape index (κ2) is 6.42. The number of aromatic nitrogens is 1. The molecule has 1 aromatic heterocycles. The minimum Gasteiger partial charge on any atom is -0.271 e. The van der Waals surface area contributed by atoms with Gasteiger partial charge in [-0.2, -0.15) is 18.3 Å². The van der Waals surface area contributed by atoms with Crippen molar-refractivity contribution in [3.8, 4) is 0 Å². The van der Waals surface area contributed by atoms with Gasteiger partial charge >= 0.3 is 6.18 Å². The van der Waals surface area contributed by atoms with Gasteiger partial charge < -0.3 is 0 Å². The van der Waals surface area contributed by atoms with Gasteiger partial charge in [0.05, 0.1) is 21.9 Å². The summed E-state index contributed by atoms with van der Waals surface area (Å²) in [6.07, 6.45) is -3.11. The van der Waals surface area contributed by atoms with E-state index >= 15 is 0 Å². The van der Waals surface area contributed by atoms with Crippen molar-refractivity contribution in [1.82, 2.24) is 4.98 Å². The Morgan fingerprint density at radius 3 is 2.61 bits per heavy atom. The molecule has 6 nitrogen and oxygen atoms in total. The minimum atomic E-state index is -4.66. The number of benzene rings is 1. The molecule has 1 aromatic carbocycles. The van der Waals surface area contributed by atoms with Gasteiger partial charge in [-0.05, 0) is 31.2 Å². The predicted molar refractivity (Wildman–Crippen MR) is 78.2 cm³/mol. The van der Waals surface area contributed by atoms with Gasteiger partial charge in [0.15, 0.2) is 0 Å². The Bertz CT molecular complexity index is 745. The van der Waals surface area contributed by atoms with Crippen LogP contribution in [0.5, 0.6) is 0 Å². The molecule has 0 bridgehead atoms. The lowest BCUT2D eigenvalue weighted by Gasteiger charge is -2.09. The van der Waals surface area contributed by atoms with Crippen molar-refractivity contribution >= 4 is 17.1 Å². The van der Waals surface area contributed by atoms with Crippen LogP contribution in [0, 0.1) is 10.1 Å². The Labute approximate surface area is 128 Å². The van der Waals surface area contributed by atoms with Crippen molar-refractivity contribution in [3.05, 3.63) is 64.0 Å². The largest absolute Gasteiger partial charge is 0.416 e. The van der Waals surface area contributed by atoms with Crippen molar-refractivity contribution in [3.63, 3.8) is 0 Å². The first-order valence-corrected chi connectivity index (χ1v) is 6.36. The first-order valence-electron chi connectivity index (χ1n) is 6.36. The number of rotatable bonds is 4. The maximum absolute atomic E-state index is 12.6. The summed E-state index contributed by atoms with van der Waals surface area (Å²) in [5.74, 6) is 0. The Morgan fingerprint density at radius 1 is 1.30 bits per heavy atom. The Hall–Kier alpha value is -2.97. The molecule has 0 amide bonds. The smallest absolute Gasteiger partial charge is 0.271 e. The normalized spacial score (nSPS) is 12.1. The van der Waals surface area contributed by atoms with E-state index in [9.17, 15) is 23.3 Å². The van der Waals surface area contributed by atoms with Crippen LogP contribution in [0.4, 0.5) is 24.5 Å². The number of hydrogen-bond donors (Lipinski definition) is 1. The van der Waals surface area contributed by atoms with Gasteiger partial charge in [0.2, 0.25) is 0 Å². The summed E-state index contributed by atoms with van der Waals surface area (Å²) in [6, 6.07) is 7.32. The number of hydrazone groups is 1. The molecule has 0 saturated carbocycles. The molecule has 0 spiro atoms. The molecule has 2 rings (SSSR count). The predicted octanol–water partition coefficient (Wildman–Crippen LogP) is 3.84. The zero-order chi connectivity index (χ0) is 17.0. The highest BCUT2D eigenvalue weighted by atomic mass is 19.4. The number of halogens is 3. The fourth-order valence-corrected chi connectivity index (χ4v) is 1.73. The van der Waals surface area contributed by atoms with Crippen LogP contribution in [-0.4, -0.2) is 15.6 Å². The Balaban J connectivity index is 2.31. The van der Waals surface area contributed by atoms with Crippen molar-refractivity contribution in [1.29, 1.82) is 0 Å². The van der Waals surface area contributed by atoms with Gasteiger partial charge in [-0.25, -0.2) is 0 Å². The number of alkyl halides is 3. The molecular weight excluding hydrogens is 313 g/mol. The van der Waals surface area contributed by atoms with Crippen LogP contribution in [0.3, 0.4) is 0 Å². The summed E-state index contributed by atoms with van der Waals surface area (Å²) in [4.78, 5) is 14.1. The highest BCUT2D eigenvalue weighted by Crippen LogP contribution is 2.34. The molecule has 9 heteroatoms. The summed E-state index contributed by atoms with van der Waals surface area (Å²) in [5, 5.41) is 14.9. The first-order chi connectivity index (χ1) is 10.8. The Morgan fingerprint density at radius 2 is 2.04 bits per heavy atom. The van der Waals surface area contributed by atoms with Crippen LogP contribution in [0.1, 0.15) is 18.2 Å². The van der Waals surface area contributed by atoms with Crippen LogP contribution in [-0.2, 0) is 6.18 Å². The standard InChI is InChI=1S/C14H11F3N4O2/c1-9(11-4-2-3-7-18-11)19-20-12-6-5-10(14(15,16)17)8-13(12)21(22)23/h2-8,20H,1H3/b19-9-. The fourth-order valence-electron chi connectivity index (χ4n) is 1.73. The van der Waals surface area contributed by atoms with E-state index in [0.717, 1.165) is 12.1 Å². The number of hydrogen-bond acceptors (Lipinski definition) is 5. The number of nitro groups is 1.